The van der Waals surface area contributed by atoms with Crippen LogP contribution in [0.2, 0.25) is 0 Å². The zero-order chi connectivity index (χ0) is 9.99. The number of aliphatic carboxylic acids is 1. The Morgan fingerprint density at radius 1 is 1.33 bits per heavy atom. The van der Waals surface area contributed by atoms with Crippen LogP contribution in [0.5, 0.6) is 0 Å². The molecule has 0 radical (unpaired) electrons. The summed E-state index contributed by atoms with van der Waals surface area (Å²) in [5.41, 5.74) is 4.46. The van der Waals surface area contributed by atoms with E-state index in [4.69, 9.17) is 25.5 Å². The zero-order valence-electron chi connectivity index (χ0n) is 5.93. The first-order valence-electron chi connectivity index (χ1n) is 2.82. The van der Waals surface area contributed by atoms with Crippen molar-refractivity contribution in [3.8, 4) is 0 Å². The summed E-state index contributed by atoms with van der Waals surface area (Å²) in [6.07, 6.45) is 0. The number of nitrogens with one attached hydrogen (secondary N) is 1. The van der Waals surface area contributed by atoms with Crippen molar-refractivity contribution in [3.05, 3.63) is 0 Å². The molecule has 0 aromatic carbocycles. The van der Waals surface area contributed by atoms with Gasteiger partial charge in [0.15, 0.2) is 0 Å². The minimum absolute atomic E-state index is 0.882. The molecule has 0 aliphatic carbocycles. The first kappa shape index (κ1) is 11.2. The van der Waals surface area contributed by atoms with Crippen molar-refractivity contribution >= 4 is 5.97 Å². The summed E-state index contributed by atoms with van der Waals surface area (Å²) in [6, 6.07) is 0. The Morgan fingerprint density at radius 3 is 2.00 bits per heavy atom. The molecular weight excluding hydrogens is 172 g/mol. The lowest BCUT2D eigenvalue weighted by Gasteiger charge is -2.30. The minimum Gasteiger partial charge on any atom is -0.480 e. The van der Waals surface area contributed by atoms with Gasteiger partial charge in [0.1, 0.15) is 0 Å². The highest BCUT2D eigenvalue weighted by Gasteiger charge is 2.44. The van der Waals surface area contributed by atoms with Gasteiger partial charge in [-0.05, 0) is 0 Å². The van der Waals surface area contributed by atoms with Crippen molar-refractivity contribution in [2.75, 3.05) is 6.54 Å². The van der Waals surface area contributed by atoms with Gasteiger partial charge in [0.2, 0.25) is 0 Å². The number of nitrogens with two attached hydrogens (primary N) is 1. The molecule has 72 valence electrons. The molecular formula is C4H10N2O6. The van der Waals surface area contributed by atoms with E-state index in [9.17, 15) is 4.79 Å². The third kappa shape index (κ3) is 3.09. The standard InChI is InChI=1S/C4H10N2O6/c5-3(9,10)4(11,12)6-1-2(7)8/h6,9-12H,1,5H2,(H,7,8). The Morgan fingerprint density at radius 2 is 1.75 bits per heavy atom. The Balaban J connectivity index is 4.14. The highest BCUT2D eigenvalue weighted by atomic mass is 16.6. The summed E-state index contributed by atoms with van der Waals surface area (Å²) in [4.78, 5) is 9.88. The predicted molar refractivity (Wildman–Crippen MR) is 34.2 cm³/mol. The largest absolute Gasteiger partial charge is 0.480 e. The van der Waals surface area contributed by atoms with Crippen LogP contribution in [0.25, 0.3) is 0 Å². The second kappa shape index (κ2) is 3.31. The Hall–Kier alpha value is -0.770. The molecule has 0 fully saturated rings. The van der Waals surface area contributed by atoms with Crippen molar-refractivity contribution in [2.24, 2.45) is 5.73 Å². The van der Waals surface area contributed by atoms with Gasteiger partial charge < -0.3 is 25.5 Å². The summed E-state index contributed by atoms with van der Waals surface area (Å²) in [5.74, 6) is -8.01. The molecule has 0 aliphatic heterocycles. The molecule has 0 saturated carbocycles. The lowest BCUT2D eigenvalue weighted by molar-refractivity contribution is -0.367. The molecule has 0 saturated heterocycles. The fraction of sp³-hybridized carbons (Fsp3) is 0.750. The van der Waals surface area contributed by atoms with Crippen LogP contribution in [0.15, 0.2) is 0 Å². The number of rotatable bonds is 4. The number of hydrogen-bond acceptors (Lipinski definition) is 7. The molecule has 0 rings (SSSR count). The molecule has 0 heterocycles. The summed E-state index contributed by atoms with van der Waals surface area (Å²) >= 11 is 0. The van der Waals surface area contributed by atoms with Gasteiger partial charge >= 0.3 is 5.97 Å². The van der Waals surface area contributed by atoms with Crippen LogP contribution in [0, 0.1) is 0 Å². The van der Waals surface area contributed by atoms with E-state index in [1.54, 1.807) is 0 Å². The van der Waals surface area contributed by atoms with Crippen LogP contribution in [0.1, 0.15) is 0 Å². The Bertz CT molecular complexity index is 173. The minimum atomic E-state index is -3.33. The third-order valence-electron chi connectivity index (χ3n) is 0.999. The SMILES string of the molecule is NC(O)(O)C(O)(O)NCC(=O)O. The maximum atomic E-state index is 9.88. The van der Waals surface area contributed by atoms with Gasteiger partial charge in [-0.25, -0.2) is 5.32 Å². The van der Waals surface area contributed by atoms with Crippen molar-refractivity contribution in [2.45, 2.75) is 11.8 Å². The van der Waals surface area contributed by atoms with Gasteiger partial charge in [-0.1, -0.05) is 0 Å². The van der Waals surface area contributed by atoms with Gasteiger partial charge in [-0.3, -0.25) is 10.5 Å². The zero-order valence-corrected chi connectivity index (χ0v) is 5.93. The van der Waals surface area contributed by atoms with Crippen LogP contribution in [0.3, 0.4) is 0 Å². The van der Waals surface area contributed by atoms with Crippen LogP contribution >= 0.6 is 0 Å². The van der Waals surface area contributed by atoms with E-state index >= 15 is 0 Å². The van der Waals surface area contributed by atoms with E-state index in [-0.39, 0.29) is 0 Å². The van der Waals surface area contributed by atoms with E-state index in [0.717, 1.165) is 0 Å². The topological polar surface area (TPSA) is 156 Å². The molecule has 8 nitrogen and oxygen atoms in total. The molecule has 0 aromatic heterocycles. The van der Waals surface area contributed by atoms with Gasteiger partial charge in [0, 0.05) is 0 Å². The van der Waals surface area contributed by atoms with Crippen molar-refractivity contribution in [1.82, 2.24) is 5.32 Å². The molecule has 8 N–H and O–H groups in total. The lowest BCUT2D eigenvalue weighted by Crippen LogP contribution is -2.68. The third-order valence-corrected chi connectivity index (χ3v) is 0.999. The van der Waals surface area contributed by atoms with Crippen LogP contribution in [-0.2, 0) is 4.79 Å². The average molecular weight is 182 g/mol. The molecule has 0 aliphatic rings. The highest BCUT2D eigenvalue weighted by molar-refractivity contribution is 5.69. The maximum absolute atomic E-state index is 9.88. The predicted octanol–water partition coefficient (Wildman–Crippen LogP) is -4.10. The summed E-state index contributed by atoms with van der Waals surface area (Å²) in [5, 5.41) is 43.7. The Labute approximate surface area is 66.9 Å². The van der Waals surface area contributed by atoms with Crippen molar-refractivity contribution in [3.63, 3.8) is 0 Å². The normalized spacial score (nSPS) is 13.1. The van der Waals surface area contributed by atoms with Crippen LogP contribution < -0.4 is 11.1 Å². The summed E-state index contributed by atoms with van der Waals surface area (Å²) in [7, 11) is 0. The smallest absolute Gasteiger partial charge is 0.317 e. The Kier molecular flexibility index (Phi) is 3.10. The van der Waals surface area contributed by atoms with Crippen molar-refractivity contribution in [1.29, 1.82) is 0 Å². The van der Waals surface area contributed by atoms with Crippen LogP contribution in [0.4, 0.5) is 0 Å². The second-order valence-electron chi connectivity index (χ2n) is 2.15. The van der Waals surface area contributed by atoms with E-state index in [1.807, 2.05) is 0 Å². The maximum Gasteiger partial charge on any atom is 0.317 e. The lowest BCUT2D eigenvalue weighted by atomic mass is 10.3. The average Bonchev–Trinajstić information content (AvgIpc) is 1.81. The molecule has 12 heavy (non-hydrogen) atoms. The first-order valence-corrected chi connectivity index (χ1v) is 2.82. The number of carboxylic acids is 1. The molecule has 8 heteroatoms. The van der Waals surface area contributed by atoms with Crippen LogP contribution in [-0.4, -0.2) is 49.9 Å². The number of hydrogen-bond donors (Lipinski definition) is 7. The van der Waals surface area contributed by atoms with Crippen molar-refractivity contribution < 1.29 is 30.3 Å². The molecule has 0 amide bonds. The van der Waals surface area contributed by atoms with E-state index < -0.39 is 24.3 Å². The quantitative estimate of drug-likeness (QED) is 0.216. The fourth-order valence-electron chi connectivity index (χ4n) is 0.329. The summed E-state index contributed by atoms with van der Waals surface area (Å²) in [6.45, 7) is -0.882. The summed E-state index contributed by atoms with van der Waals surface area (Å²) < 4.78 is 0. The molecule has 0 spiro atoms. The number of carboxylic acid groups (broad SMARTS) is 1. The number of carbonyl (C=O) groups is 1. The van der Waals surface area contributed by atoms with Gasteiger partial charge in [0.05, 0.1) is 6.54 Å². The van der Waals surface area contributed by atoms with E-state index in [1.165, 1.54) is 5.32 Å². The molecule has 0 bridgehead atoms. The second-order valence-corrected chi connectivity index (χ2v) is 2.15. The van der Waals surface area contributed by atoms with Gasteiger partial charge in [0.25, 0.3) is 11.8 Å². The van der Waals surface area contributed by atoms with Gasteiger partial charge in [-0.2, -0.15) is 0 Å². The first-order chi connectivity index (χ1) is 5.17. The molecule has 0 atom stereocenters. The molecule has 0 aromatic rings. The molecule has 0 unspecified atom stereocenters. The highest BCUT2D eigenvalue weighted by Crippen LogP contribution is 2.05. The number of aliphatic hydroxyl groups is 4. The van der Waals surface area contributed by atoms with E-state index in [0.29, 0.717) is 0 Å². The monoisotopic (exact) mass is 182 g/mol. The van der Waals surface area contributed by atoms with E-state index in [2.05, 4.69) is 5.73 Å². The fourth-order valence-corrected chi connectivity index (χ4v) is 0.329. The van der Waals surface area contributed by atoms with Gasteiger partial charge in [-0.15, -0.1) is 0 Å².